The fourth-order valence-corrected chi connectivity index (χ4v) is 3.60. The molecule has 5 heteroatoms. The summed E-state index contributed by atoms with van der Waals surface area (Å²) in [5, 5.41) is 12.9. The molecule has 0 fully saturated rings. The van der Waals surface area contributed by atoms with Crippen molar-refractivity contribution in [2.75, 3.05) is 0 Å². The molecule has 2 aromatic heterocycles. The van der Waals surface area contributed by atoms with Gasteiger partial charge in [0.05, 0.1) is 4.70 Å². The number of hydrogen-bond donors (Lipinski definition) is 1. The normalized spacial score (nSPS) is 12.6. The maximum atomic E-state index is 11.5. The van der Waals surface area contributed by atoms with Gasteiger partial charge in [-0.15, -0.1) is 46.2 Å². The van der Waals surface area contributed by atoms with E-state index in [9.17, 15) is 9.90 Å². The SMILES string of the molecule is CC(C)(C)C(=O)/C=C(\O)C(C)(C)C.Cc1[c-]c(-c2cc3ccsc3cn2)cc(C(C)(C)C)c1.[Ir]. The molecule has 0 aliphatic rings. The summed E-state index contributed by atoms with van der Waals surface area (Å²) in [5.74, 6) is 0.104. The van der Waals surface area contributed by atoms with Crippen LogP contribution < -0.4 is 0 Å². The zero-order valence-electron chi connectivity index (χ0n) is 22.1. The number of carbonyl (C=O) groups is 1. The Bertz CT molecular complexity index is 1160. The van der Waals surface area contributed by atoms with Crippen LogP contribution in [0.2, 0.25) is 0 Å². The summed E-state index contributed by atoms with van der Waals surface area (Å²) in [6, 6.07) is 12.2. The van der Waals surface area contributed by atoms with Gasteiger partial charge in [0.15, 0.2) is 5.78 Å². The molecule has 0 aliphatic heterocycles. The number of hydrogen-bond acceptors (Lipinski definition) is 4. The standard InChI is InChI=1S/C18H18NS.C11H20O2.Ir/c1-12-7-14(9-15(8-12)18(2,3)4)16-10-13-5-6-20-17(13)11-19-16;1-10(2,3)8(12)7-9(13)11(4,5)6;/h5-6,8-11H,1-4H3;7,12H,1-6H3;/q-1;;/b;8-7-;. The van der Waals surface area contributed by atoms with Crippen LogP contribution in [-0.2, 0) is 30.3 Å². The van der Waals surface area contributed by atoms with Crippen LogP contribution in [0.5, 0.6) is 0 Å². The Balaban J connectivity index is 0.000000364. The van der Waals surface area contributed by atoms with Crippen molar-refractivity contribution < 1.29 is 30.0 Å². The molecule has 0 aliphatic carbocycles. The van der Waals surface area contributed by atoms with E-state index in [1.807, 2.05) is 47.7 Å². The molecule has 2 heterocycles. The third-order valence-corrected chi connectivity index (χ3v) is 6.13. The monoisotopic (exact) mass is 657 g/mol. The Morgan fingerprint density at radius 2 is 1.62 bits per heavy atom. The van der Waals surface area contributed by atoms with Crippen molar-refractivity contribution in [2.24, 2.45) is 10.8 Å². The fraction of sp³-hybridized carbons (Fsp3) is 0.448. The van der Waals surface area contributed by atoms with Gasteiger partial charge in [-0.05, 0) is 27.9 Å². The number of aromatic nitrogens is 1. The molecule has 0 amide bonds. The predicted molar refractivity (Wildman–Crippen MR) is 142 cm³/mol. The van der Waals surface area contributed by atoms with Crippen LogP contribution in [-0.4, -0.2) is 15.9 Å². The van der Waals surface area contributed by atoms with E-state index >= 15 is 0 Å². The van der Waals surface area contributed by atoms with Gasteiger partial charge < -0.3 is 10.1 Å². The van der Waals surface area contributed by atoms with Crippen molar-refractivity contribution in [1.82, 2.24) is 4.98 Å². The third kappa shape index (κ3) is 8.44. The summed E-state index contributed by atoms with van der Waals surface area (Å²) in [5.41, 5.74) is 3.96. The van der Waals surface area contributed by atoms with E-state index < -0.39 is 5.41 Å². The fourth-order valence-electron chi connectivity index (χ4n) is 2.86. The van der Waals surface area contributed by atoms with Crippen LogP contribution in [0.4, 0.5) is 0 Å². The van der Waals surface area contributed by atoms with Crippen LogP contribution in [0.3, 0.4) is 0 Å². The Morgan fingerprint density at radius 3 is 2.15 bits per heavy atom. The molecule has 0 saturated heterocycles. The predicted octanol–water partition coefficient (Wildman–Crippen LogP) is 8.46. The van der Waals surface area contributed by atoms with Gasteiger partial charge in [0.2, 0.25) is 0 Å². The van der Waals surface area contributed by atoms with Gasteiger partial charge in [0.25, 0.3) is 0 Å². The van der Waals surface area contributed by atoms with Gasteiger partial charge in [-0.25, -0.2) is 0 Å². The summed E-state index contributed by atoms with van der Waals surface area (Å²) in [7, 11) is 0. The third-order valence-electron chi connectivity index (χ3n) is 5.26. The number of thiophene rings is 1. The van der Waals surface area contributed by atoms with Crippen LogP contribution in [0.25, 0.3) is 21.3 Å². The van der Waals surface area contributed by atoms with Crippen LogP contribution in [0.1, 0.15) is 73.4 Å². The Labute approximate surface area is 223 Å². The zero-order valence-corrected chi connectivity index (χ0v) is 25.3. The first-order chi connectivity index (χ1) is 15.0. The zero-order chi connectivity index (χ0) is 25.2. The van der Waals surface area contributed by atoms with E-state index in [-0.39, 0.29) is 42.5 Å². The van der Waals surface area contributed by atoms with E-state index in [1.54, 1.807) is 11.3 Å². The second-order valence-corrected chi connectivity index (χ2v) is 12.6. The number of allylic oxidation sites excluding steroid dienone is 2. The molecule has 3 rings (SSSR count). The first-order valence-electron chi connectivity index (χ1n) is 11.3. The van der Waals surface area contributed by atoms with Crippen molar-refractivity contribution in [1.29, 1.82) is 0 Å². The van der Waals surface area contributed by atoms with Gasteiger partial charge in [0.1, 0.15) is 5.76 Å². The molecule has 187 valence electrons. The summed E-state index contributed by atoms with van der Waals surface area (Å²) in [6.07, 6.45) is 3.29. The number of carbonyl (C=O) groups excluding carboxylic acids is 1. The molecule has 0 atom stereocenters. The van der Waals surface area contributed by atoms with E-state index in [2.05, 4.69) is 68.4 Å². The average molecular weight is 657 g/mol. The molecule has 1 radical (unpaired) electrons. The van der Waals surface area contributed by atoms with Crippen molar-refractivity contribution in [3.05, 3.63) is 64.9 Å². The molecular weight excluding hydrogens is 619 g/mol. The van der Waals surface area contributed by atoms with Crippen LogP contribution in [0, 0.1) is 23.8 Å². The summed E-state index contributed by atoms with van der Waals surface area (Å²) >= 11 is 1.73. The molecule has 0 spiro atoms. The van der Waals surface area contributed by atoms with Gasteiger partial charge >= 0.3 is 0 Å². The van der Waals surface area contributed by atoms with Crippen LogP contribution in [0.15, 0.2) is 47.7 Å². The second kappa shape index (κ2) is 11.3. The van der Waals surface area contributed by atoms with Gasteiger partial charge in [0, 0.05) is 43.2 Å². The molecule has 34 heavy (non-hydrogen) atoms. The summed E-state index contributed by atoms with van der Waals surface area (Å²) in [4.78, 5) is 16.1. The Hall–Kier alpha value is -1.81. The van der Waals surface area contributed by atoms with Crippen molar-refractivity contribution >= 4 is 27.2 Å². The molecule has 3 nitrogen and oxygen atoms in total. The minimum absolute atomic E-state index is 0. The summed E-state index contributed by atoms with van der Waals surface area (Å²) < 4.78 is 1.23. The smallest absolute Gasteiger partial charge is 0.164 e. The first-order valence-corrected chi connectivity index (χ1v) is 12.2. The molecule has 0 unspecified atom stereocenters. The van der Waals surface area contributed by atoms with E-state index in [0.29, 0.717) is 0 Å². The number of aryl methyl sites for hydroxylation is 1. The minimum atomic E-state index is -0.417. The number of aliphatic hydroxyl groups excluding tert-OH is 1. The van der Waals surface area contributed by atoms with E-state index in [4.69, 9.17) is 0 Å². The van der Waals surface area contributed by atoms with E-state index in [0.717, 1.165) is 11.3 Å². The minimum Gasteiger partial charge on any atom is -0.512 e. The maximum absolute atomic E-state index is 11.5. The van der Waals surface area contributed by atoms with E-state index in [1.165, 1.54) is 27.3 Å². The quantitative estimate of drug-likeness (QED) is 0.171. The van der Waals surface area contributed by atoms with Crippen molar-refractivity contribution in [3.63, 3.8) is 0 Å². The molecule has 1 N–H and O–H groups in total. The number of fused-ring (bicyclic) bond motifs is 1. The number of nitrogens with zero attached hydrogens (tertiary/aromatic N) is 1. The number of ketones is 1. The average Bonchev–Trinajstić information content (AvgIpc) is 3.13. The molecule has 0 saturated carbocycles. The topological polar surface area (TPSA) is 50.2 Å². The van der Waals surface area contributed by atoms with Crippen molar-refractivity contribution in [3.8, 4) is 11.3 Å². The van der Waals surface area contributed by atoms with Gasteiger partial charge in [-0.1, -0.05) is 75.3 Å². The molecular formula is C29H38IrNO2S-. The number of rotatable bonds is 2. The van der Waals surface area contributed by atoms with Gasteiger partial charge in [-0.3, -0.25) is 4.79 Å². The summed E-state index contributed by atoms with van der Waals surface area (Å²) in [6.45, 7) is 19.9. The maximum Gasteiger partial charge on any atom is 0.164 e. The number of benzene rings is 1. The van der Waals surface area contributed by atoms with Gasteiger partial charge in [-0.2, -0.15) is 0 Å². The molecule has 0 bridgehead atoms. The number of aliphatic hydroxyl groups is 1. The van der Waals surface area contributed by atoms with Crippen molar-refractivity contribution in [2.45, 2.75) is 74.7 Å². The Kier molecular flexibility index (Phi) is 10.0. The molecule has 1 aromatic carbocycles. The molecule has 3 aromatic rings. The first kappa shape index (κ1) is 30.2. The Morgan fingerprint density at radius 1 is 1.00 bits per heavy atom. The second-order valence-electron chi connectivity index (χ2n) is 11.6. The van der Waals surface area contributed by atoms with Crippen LogP contribution >= 0.6 is 11.3 Å². The largest absolute Gasteiger partial charge is 0.512 e. The number of pyridine rings is 1.